The Morgan fingerprint density at radius 2 is 1.30 bits per heavy atom. The Hall–Kier alpha value is -1.89. The maximum absolute atomic E-state index is 11.7. The molecule has 0 aliphatic carbocycles. The highest BCUT2D eigenvalue weighted by atomic mass is 16.1. The molecule has 0 saturated heterocycles. The highest BCUT2D eigenvalue weighted by molar-refractivity contribution is 5.81. The van der Waals surface area contributed by atoms with Crippen LogP contribution in [-0.2, 0) is 10.2 Å². The predicted octanol–water partition coefficient (Wildman–Crippen LogP) is 6.03. The normalized spacial score (nSPS) is 12.2. The third-order valence-electron chi connectivity index (χ3n) is 5.10. The van der Waals surface area contributed by atoms with Gasteiger partial charge in [0.2, 0.25) is 0 Å². The number of hydrogen-bond acceptors (Lipinski definition) is 1. The van der Waals surface area contributed by atoms with E-state index < -0.39 is 0 Å². The first-order valence-electron chi connectivity index (χ1n) is 8.39. The fraction of sp³-hybridized carbons (Fsp3) is 0.409. The molecule has 2 aromatic carbocycles. The molecule has 0 atom stereocenters. The number of benzene rings is 2. The summed E-state index contributed by atoms with van der Waals surface area (Å²) in [4.78, 5) is 11.7. The first-order chi connectivity index (χ1) is 10.7. The summed E-state index contributed by atoms with van der Waals surface area (Å²) in [6.07, 6.45) is 1.92. The van der Waals surface area contributed by atoms with Crippen LogP contribution in [-0.4, -0.2) is 5.78 Å². The van der Waals surface area contributed by atoms with Crippen molar-refractivity contribution < 1.29 is 4.79 Å². The Morgan fingerprint density at radius 3 is 1.83 bits per heavy atom. The molecule has 2 aromatic rings. The van der Waals surface area contributed by atoms with E-state index in [1.165, 1.54) is 16.7 Å². The lowest BCUT2D eigenvalue weighted by molar-refractivity contribution is -0.125. The molecule has 2 rings (SSSR count). The molecule has 0 heterocycles. The van der Waals surface area contributed by atoms with Crippen LogP contribution in [0.25, 0.3) is 11.1 Å². The van der Waals surface area contributed by atoms with E-state index in [1.54, 1.807) is 6.92 Å². The third kappa shape index (κ3) is 4.31. The zero-order valence-electron chi connectivity index (χ0n) is 15.0. The number of rotatable bonds is 6. The zero-order chi connectivity index (χ0) is 17.1. The third-order valence-corrected chi connectivity index (χ3v) is 5.10. The van der Waals surface area contributed by atoms with Crippen LogP contribution in [0, 0.1) is 5.41 Å². The Labute approximate surface area is 140 Å². The van der Waals surface area contributed by atoms with Gasteiger partial charge in [0.25, 0.3) is 0 Å². The topological polar surface area (TPSA) is 17.1 Å². The highest BCUT2D eigenvalue weighted by Gasteiger charge is 2.28. The number of carbonyl (C=O) groups excluding carboxylic acids is 1. The summed E-state index contributed by atoms with van der Waals surface area (Å²) in [5.41, 5.74) is 3.66. The van der Waals surface area contributed by atoms with Crippen LogP contribution in [0.4, 0.5) is 0 Å². The van der Waals surface area contributed by atoms with Crippen LogP contribution in [0.1, 0.15) is 53.0 Å². The largest absolute Gasteiger partial charge is 0.299 e. The van der Waals surface area contributed by atoms with E-state index in [0.717, 1.165) is 12.8 Å². The van der Waals surface area contributed by atoms with Crippen LogP contribution in [0.3, 0.4) is 0 Å². The second kappa shape index (κ2) is 6.70. The summed E-state index contributed by atoms with van der Waals surface area (Å²) >= 11 is 0. The van der Waals surface area contributed by atoms with E-state index in [-0.39, 0.29) is 16.6 Å². The van der Waals surface area contributed by atoms with Crippen molar-refractivity contribution in [1.82, 2.24) is 0 Å². The summed E-state index contributed by atoms with van der Waals surface area (Å²) in [6, 6.07) is 19.3. The van der Waals surface area contributed by atoms with Crippen LogP contribution < -0.4 is 0 Å². The monoisotopic (exact) mass is 308 g/mol. The SMILES string of the molecule is CC(=O)C(C)(C)CCC(C)(C)c1ccc(-c2ccccc2)cc1. The van der Waals surface area contributed by atoms with Gasteiger partial charge in [0.05, 0.1) is 0 Å². The van der Waals surface area contributed by atoms with Crippen molar-refractivity contribution in [2.24, 2.45) is 5.41 Å². The standard InChI is InChI=1S/C22H28O/c1-17(23)21(2,3)15-16-22(4,5)20-13-11-19(12-14-20)18-9-7-6-8-10-18/h6-14H,15-16H2,1-5H3. The van der Waals surface area contributed by atoms with Crippen molar-refractivity contribution in [3.05, 3.63) is 60.2 Å². The molecule has 0 aromatic heterocycles. The van der Waals surface area contributed by atoms with Crippen molar-refractivity contribution in [3.8, 4) is 11.1 Å². The van der Waals surface area contributed by atoms with Gasteiger partial charge in [-0.2, -0.15) is 0 Å². The molecule has 122 valence electrons. The van der Waals surface area contributed by atoms with Gasteiger partial charge in [0.15, 0.2) is 0 Å². The Morgan fingerprint density at radius 1 is 0.783 bits per heavy atom. The van der Waals surface area contributed by atoms with Crippen molar-refractivity contribution >= 4 is 5.78 Å². The van der Waals surface area contributed by atoms with Crippen molar-refractivity contribution in [1.29, 1.82) is 0 Å². The van der Waals surface area contributed by atoms with Gasteiger partial charge in [0, 0.05) is 5.41 Å². The average Bonchev–Trinajstić information content (AvgIpc) is 2.54. The summed E-state index contributed by atoms with van der Waals surface area (Å²) in [5, 5.41) is 0. The Balaban J connectivity index is 2.13. The second-order valence-electron chi connectivity index (χ2n) is 7.77. The van der Waals surface area contributed by atoms with Gasteiger partial charge in [-0.3, -0.25) is 4.79 Å². The number of Topliss-reactive ketones (excluding diaryl/α,β-unsaturated/α-hetero) is 1. The molecule has 0 unspecified atom stereocenters. The molecule has 1 heteroatoms. The molecule has 0 amide bonds. The molecule has 0 aliphatic rings. The van der Waals surface area contributed by atoms with E-state index in [1.807, 2.05) is 19.9 Å². The maximum Gasteiger partial charge on any atom is 0.135 e. The van der Waals surface area contributed by atoms with Gasteiger partial charge in [-0.1, -0.05) is 82.3 Å². The van der Waals surface area contributed by atoms with Gasteiger partial charge < -0.3 is 0 Å². The van der Waals surface area contributed by atoms with Crippen LogP contribution in [0.15, 0.2) is 54.6 Å². The van der Waals surface area contributed by atoms with E-state index >= 15 is 0 Å². The van der Waals surface area contributed by atoms with Gasteiger partial charge in [0.1, 0.15) is 5.78 Å². The molecule has 1 nitrogen and oxygen atoms in total. The van der Waals surface area contributed by atoms with Gasteiger partial charge in [-0.05, 0) is 41.9 Å². The minimum atomic E-state index is -0.235. The smallest absolute Gasteiger partial charge is 0.135 e. The minimum absolute atomic E-state index is 0.0714. The summed E-state index contributed by atoms with van der Waals surface area (Å²) in [5.74, 6) is 0.271. The van der Waals surface area contributed by atoms with Gasteiger partial charge >= 0.3 is 0 Å². The van der Waals surface area contributed by atoms with Gasteiger partial charge in [-0.15, -0.1) is 0 Å². The summed E-state index contributed by atoms with van der Waals surface area (Å²) < 4.78 is 0. The van der Waals surface area contributed by atoms with E-state index in [9.17, 15) is 4.79 Å². The highest BCUT2D eigenvalue weighted by Crippen LogP contribution is 2.35. The van der Waals surface area contributed by atoms with Crippen molar-refractivity contribution in [2.45, 2.75) is 52.9 Å². The minimum Gasteiger partial charge on any atom is -0.299 e. The summed E-state index contributed by atoms with van der Waals surface area (Å²) in [6.45, 7) is 10.3. The molecule has 0 saturated carbocycles. The van der Waals surface area contributed by atoms with E-state index in [0.29, 0.717) is 0 Å². The predicted molar refractivity (Wildman–Crippen MR) is 98.6 cm³/mol. The molecule has 0 radical (unpaired) electrons. The lowest BCUT2D eigenvalue weighted by Crippen LogP contribution is -2.26. The Kier molecular flexibility index (Phi) is 5.09. The lowest BCUT2D eigenvalue weighted by atomic mass is 9.74. The Bertz CT molecular complexity index is 648. The van der Waals surface area contributed by atoms with Crippen LogP contribution in [0.2, 0.25) is 0 Å². The fourth-order valence-corrected chi connectivity index (χ4v) is 2.69. The van der Waals surface area contributed by atoms with E-state index in [4.69, 9.17) is 0 Å². The molecule has 0 fully saturated rings. The first kappa shape index (κ1) is 17.5. The molecular weight excluding hydrogens is 280 g/mol. The summed E-state index contributed by atoms with van der Waals surface area (Å²) in [7, 11) is 0. The number of ketones is 1. The quantitative estimate of drug-likeness (QED) is 0.637. The van der Waals surface area contributed by atoms with Crippen LogP contribution >= 0.6 is 0 Å². The van der Waals surface area contributed by atoms with Crippen molar-refractivity contribution in [3.63, 3.8) is 0 Å². The molecule has 23 heavy (non-hydrogen) atoms. The second-order valence-corrected chi connectivity index (χ2v) is 7.77. The average molecular weight is 308 g/mol. The van der Waals surface area contributed by atoms with E-state index in [2.05, 4.69) is 62.4 Å². The lowest BCUT2D eigenvalue weighted by Gasteiger charge is -2.30. The molecule has 0 aliphatic heterocycles. The number of hydrogen-bond donors (Lipinski definition) is 0. The maximum atomic E-state index is 11.7. The first-order valence-corrected chi connectivity index (χ1v) is 8.39. The fourth-order valence-electron chi connectivity index (χ4n) is 2.69. The van der Waals surface area contributed by atoms with Gasteiger partial charge in [-0.25, -0.2) is 0 Å². The van der Waals surface area contributed by atoms with Crippen molar-refractivity contribution in [2.75, 3.05) is 0 Å². The number of carbonyl (C=O) groups is 1. The zero-order valence-corrected chi connectivity index (χ0v) is 15.0. The molecule has 0 bridgehead atoms. The molecule has 0 N–H and O–H groups in total. The van der Waals surface area contributed by atoms with Crippen LogP contribution in [0.5, 0.6) is 0 Å². The molecular formula is C22H28O. The molecule has 0 spiro atoms.